The molecule has 1 N–H and O–H groups in total. The van der Waals surface area contributed by atoms with Crippen LogP contribution in [0.15, 0.2) is 53.4 Å². The van der Waals surface area contributed by atoms with Gasteiger partial charge in [0.05, 0.1) is 12.0 Å². The average molecular weight is 491 g/mol. The Morgan fingerprint density at radius 3 is 2.30 bits per heavy atom. The molecule has 2 aromatic rings. The molecule has 178 valence electrons. The number of amides is 1. The minimum atomic E-state index is -4.29. The van der Waals surface area contributed by atoms with Crippen molar-refractivity contribution >= 4 is 33.4 Å². The van der Waals surface area contributed by atoms with Crippen molar-refractivity contribution in [3.05, 3.63) is 54.1 Å². The first-order chi connectivity index (χ1) is 15.9. The number of thioether (sulfide) groups is 1. The van der Waals surface area contributed by atoms with E-state index in [4.69, 9.17) is 4.74 Å². The van der Waals surface area contributed by atoms with Crippen molar-refractivity contribution in [1.29, 1.82) is 0 Å². The van der Waals surface area contributed by atoms with Gasteiger partial charge in [0, 0.05) is 24.7 Å². The van der Waals surface area contributed by atoms with Crippen LogP contribution in [0.3, 0.4) is 0 Å². The number of rotatable bonds is 6. The predicted molar refractivity (Wildman–Crippen MR) is 129 cm³/mol. The van der Waals surface area contributed by atoms with Crippen molar-refractivity contribution in [2.24, 2.45) is 5.92 Å². The van der Waals surface area contributed by atoms with E-state index in [1.807, 2.05) is 18.2 Å². The Morgan fingerprint density at radius 1 is 1.03 bits per heavy atom. The first kappa shape index (κ1) is 23.9. The number of hydrogen-bond donors (Lipinski definition) is 1. The third kappa shape index (κ3) is 5.15. The molecule has 0 unspecified atom stereocenters. The van der Waals surface area contributed by atoms with Gasteiger partial charge in [-0.2, -0.15) is 20.2 Å². The lowest BCUT2D eigenvalue weighted by Gasteiger charge is -2.34. The van der Waals surface area contributed by atoms with Crippen LogP contribution in [0.2, 0.25) is 0 Å². The van der Waals surface area contributed by atoms with Crippen molar-refractivity contribution in [3.8, 4) is 5.75 Å². The van der Waals surface area contributed by atoms with Gasteiger partial charge in [-0.05, 0) is 79.0 Å². The van der Waals surface area contributed by atoms with E-state index in [1.54, 1.807) is 31.0 Å². The first-order valence-electron chi connectivity index (χ1n) is 11.3. The number of benzene rings is 2. The lowest BCUT2D eigenvalue weighted by atomic mass is 9.88. The molecule has 2 aliphatic heterocycles. The Bertz CT molecular complexity index is 1060. The Hall–Kier alpha value is -2.23. The van der Waals surface area contributed by atoms with Crippen LogP contribution >= 0.6 is 11.8 Å². The van der Waals surface area contributed by atoms with Gasteiger partial charge in [0.25, 0.3) is 15.9 Å². The molecule has 33 heavy (non-hydrogen) atoms. The van der Waals surface area contributed by atoms with Crippen molar-refractivity contribution in [2.75, 3.05) is 36.6 Å². The molecule has 9 heteroatoms. The van der Waals surface area contributed by atoms with Crippen molar-refractivity contribution in [1.82, 2.24) is 4.47 Å². The van der Waals surface area contributed by atoms with Crippen LogP contribution in [0.25, 0.3) is 0 Å². The SMILES string of the molecule is COc1ccccc1C1CCN(c2ccc(S(=O)(=O)N(O)C(=O)C3CCSCC3)cc2)CC1. The number of sulfonamides is 1. The molecule has 2 saturated heterocycles. The summed E-state index contributed by atoms with van der Waals surface area (Å²) in [4.78, 5) is 14.6. The second kappa shape index (κ2) is 10.4. The summed E-state index contributed by atoms with van der Waals surface area (Å²) in [5, 5.41) is 10.2. The topological polar surface area (TPSA) is 87.2 Å². The maximum absolute atomic E-state index is 12.8. The van der Waals surface area contributed by atoms with E-state index in [1.165, 1.54) is 17.7 Å². The van der Waals surface area contributed by atoms with Crippen LogP contribution in [-0.4, -0.2) is 55.7 Å². The highest BCUT2D eigenvalue weighted by molar-refractivity contribution is 7.99. The summed E-state index contributed by atoms with van der Waals surface area (Å²) < 4.78 is 31.0. The van der Waals surface area contributed by atoms with Gasteiger partial charge in [-0.15, -0.1) is 4.47 Å². The molecule has 0 bridgehead atoms. The molecule has 0 aromatic heterocycles. The summed E-state index contributed by atoms with van der Waals surface area (Å²) in [6.07, 6.45) is 3.11. The van der Waals surface area contributed by atoms with Gasteiger partial charge in [-0.3, -0.25) is 10.0 Å². The van der Waals surface area contributed by atoms with E-state index in [0.717, 1.165) is 48.9 Å². The van der Waals surface area contributed by atoms with Gasteiger partial charge in [0.2, 0.25) is 0 Å². The molecular weight excluding hydrogens is 460 g/mol. The fourth-order valence-electron chi connectivity index (χ4n) is 4.60. The highest BCUT2D eigenvalue weighted by Gasteiger charge is 2.34. The molecule has 0 aliphatic carbocycles. The molecule has 2 heterocycles. The third-order valence-electron chi connectivity index (χ3n) is 6.56. The fraction of sp³-hybridized carbons (Fsp3) is 0.458. The number of hydrogen-bond acceptors (Lipinski definition) is 7. The Kier molecular flexibility index (Phi) is 7.51. The number of para-hydroxylation sites is 1. The van der Waals surface area contributed by atoms with E-state index in [9.17, 15) is 18.4 Å². The standard InChI is InChI=1S/C24H30N2O5S2/c1-31-23-5-3-2-4-22(23)18-10-14-25(15-11-18)20-6-8-21(9-7-20)33(29,30)26(28)24(27)19-12-16-32-17-13-19/h2-9,18-19,28H,10-17H2,1H3. The number of anilines is 1. The zero-order chi connectivity index (χ0) is 23.4. The van der Waals surface area contributed by atoms with E-state index >= 15 is 0 Å². The highest BCUT2D eigenvalue weighted by atomic mass is 32.2. The molecular formula is C24H30N2O5S2. The minimum absolute atomic E-state index is 0.0542. The summed E-state index contributed by atoms with van der Waals surface area (Å²) in [5.41, 5.74) is 2.15. The molecule has 1 amide bonds. The first-order valence-corrected chi connectivity index (χ1v) is 13.8. The number of ether oxygens (including phenoxy) is 1. The van der Waals surface area contributed by atoms with Crippen LogP contribution in [0.5, 0.6) is 5.75 Å². The van der Waals surface area contributed by atoms with Gasteiger partial charge in [-0.1, -0.05) is 18.2 Å². The monoisotopic (exact) mass is 490 g/mol. The maximum atomic E-state index is 12.8. The van der Waals surface area contributed by atoms with Crippen LogP contribution in [-0.2, 0) is 14.8 Å². The summed E-state index contributed by atoms with van der Waals surface area (Å²) in [7, 11) is -2.59. The predicted octanol–water partition coefficient (Wildman–Crippen LogP) is 4.13. The van der Waals surface area contributed by atoms with E-state index in [-0.39, 0.29) is 9.36 Å². The maximum Gasteiger partial charge on any atom is 0.289 e. The molecule has 7 nitrogen and oxygen atoms in total. The summed E-state index contributed by atoms with van der Waals surface area (Å²) in [6, 6.07) is 14.5. The lowest BCUT2D eigenvalue weighted by Crippen LogP contribution is -2.39. The third-order valence-corrected chi connectivity index (χ3v) is 9.11. The molecule has 0 saturated carbocycles. The summed E-state index contributed by atoms with van der Waals surface area (Å²) >= 11 is 1.73. The number of carbonyl (C=O) groups is 1. The number of nitrogens with zero attached hydrogens (tertiary/aromatic N) is 2. The zero-order valence-corrected chi connectivity index (χ0v) is 20.4. The van der Waals surface area contributed by atoms with E-state index in [2.05, 4.69) is 11.0 Å². The second-order valence-corrected chi connectivity index (χ2v) is 11.5. The quantitative estimate of drug-likeness (QED) is 0.481. The van der Waals surface area contributed by atoms with Crippen LogP contribution in [0, 0.1) is 5.92 Å². The average Bonchev–Trinajstić information content (AvgIpc) is 2.88. The van der Waals surface area contributed by atoms with Crippen LogP contribution < -0.4 is 9.64 Å². The number of carbonyl (C=O) groups excluding carboxylic acids is 1. The van der Waals surface area contributed by atoms with Gasteiger partial charge in [0.15, 0.2) is 0 Å². The molecule has 0 atom stereocenters. The van der Waals surface area contributed by atoms with Crippen LogP contribution in [0.4, 0.5) is 5.69 Å². The van der Waals surface area contributed by atoms with Crippen LogP contribution in [0.1, 0.15) is 37.2 Å². The highest BCUT2D eigenvalue weighted by Crippen LogP contribution is 2.35. The summed E-state index contributed by atoms with van der Waals surface area (Å²) in [5.74, 6) is 1.75. The molecule has 0 spiro atoms. The van der Waals surface area contributed by atoms with E-state index in [0.29, 0.717) is 18.8 Å². The Balaban J connectivity index is 1.40. The van der Waals surface area contributed by atoms with E-state index < -0.39 is 21.8 Å². The van der Waals surface area contributed by atoms with Gasteiger partial charge >= 0.3 is 0 Å². The molecule has 2 aliphatic rings. The van der Waals surface area contributed by atoms with Gasteiger partial charge < -0.3 is 9.64 Å². The smallest absolute Gasteiger partial charge is 0.289 e. The minimum Gasteiger partial charge on any atom is -0.496 e. The van der Waals surface area contributed by atoms with Gasteiger partial charge in [0.1, 0.15) is 5.75 Å². The van der Waals surface area contributed by atoms with Gasteiger partial charge in [-0.25, -0.2) is 0 Å². The zero-order valence-electron chi connectivity index (χ0n) is 18.7. The summed E-state index contributed by atoms with van der Waals surface area (Å²) in [6.45, 7) is 1.69. The lowest BCUT2D eigenvalue weighted by molar-refractivity contribution is -0.150. The number of methoxy groups -OCH3 is 1. The largest absolute Gasteiger partial charge is 0.496 e. The number of piperidine rings is 1. The molecule has 4 rings (SSSR count). The molecule has 2 fully saturated rings. The molecule has 0 radical (unpaired) electrons. The Labute approximate surface area is 199 Å². The van der Waals surface area contributed by atoms with Crippen molar-refractivity contribution < 1.29 is 23.2 Å². The number of hydroxylamine groups is 1. The van der Waals surface area contributed by atoms with Crippen molar-refractivity contribution in [3.63, 3.8) is 0 Å². The Morgan fingerprint density at radius 2 is 1.67 bits per heavy atom. The van der Waals surface area contributed by atoms with Crippen molar-refractivity contribution in [2.45, 2.75) is 36.5 Å². The molecule has 2 aromatic carbocycles. The second-order valence-electron chi connectivity index (χ2n) is 8.47. The normalized spacial score (nSPS) is 18.2. The fourth-order valence-corrected chi connectivity index (χ4v) is 6.77.